The number of para-hydroxylation sites is 1. The normalized spacial score (nSPS) is 10.9. The van der Waals surface area contributed by atoms with E-state index >= 15 is 0 Å². The van der Waals surface area contributed by atoms with Gasteiger partial charge in [0.05, 0.1) is 11.3 Å². The molecule has 0 saturated carbocycles. The van der Waals surface area contributed by atoms with Crippen LogP contribution < -0.4 is 0 Å². The molecular weight excluding hydrogens is 198 g/mol. The summed E-state index contributed by atoms with van der Waals surface area (Å²) in [4.78, 5) is 5.79. The summed E-state index contributed by atoms with van der Waals surface area (Å²) in [5, 5.41) is 9.15. The van der Waals surface area contributed by atoms with Gasteiger partial charge < -0.3 is 4.90 Å². The summed E-state index contributed by atoms with van der Waals surface area (Å²) >= 11 is 5.85. The first-order chi connectivity index (χ1) is 6.65. The van der Waals surface area contributed by atoms with Crippen LogP contribution >= 0.6 is 11.6 Å². The number of rotatable bonds is 1. The Morgan fingerprint density at radius 3 is 2.64 bits per heavy atom. The molecule has 0 atom stereocenters. The predicted molar refractivity (Wildman–Crippen MR) is 57.8 cm³/mol. The van der Waals surface area contributed by atoms with Gasteiger partial charge in [-0.25, -0.2) is 4.99 Å². The van der Waals surface area contributed by atoms with Crippen LogP contribution in [0.5, 0.6) is 0 Å². The number of hydrogen-bond donors (Lipinski definition) is 0. The topological polar surface area (TPSA) is 39.4 Å². The van der Waals surface area contributed by atoms with Gasteiger partial charge in [-0.3, -0.25) is 0 Å². The maximum absolute atomic E-state index is 8.79. The van der Waals surface area contributed by atoms with E-state index in [1.54, 1.807) is 37.2 Å². The molecule has 0 aliphatic carbocycles. The molecule has 0 amide bonds. The molecule has 0 N–H and O–H groups in total. The van der Waals surface area contributed by atoms with Gasteiger partial charge in [0.2, 0.25) is 0 Å². The average molecular weight is 208 g/mol. The van der Waals surface area contributed by atoms with Crippen LogP contribution in [0.4, 0.5) is 5.69 Å². The number of aliphatic imine (C=N–C) groups is 1. The minimum Gasteiger partial charge on any atom is -0.353 e. The molecule has 0 aromatic heterocycles. The van der Waals surface area contributed by atoms with E-state index in [2.05, 4.69) is 11.1 Å². The summed E-state index contributed by atoms with van der Waals surface area (Å²) in [6.07, 6.45) is 0. The fraction of sp³-hybridized carbons (Fsp3) is 0.200. The van der Waals surface area contributed by atoms with Crippen LogP contribution in [0, 0.1) is 11.3 Å². The van der Waals surface area contributed by atoms with Crippen molar-refractivity contribution in [3.8, 4) is 6.07 Å². The molecule has 0 spiro atoms. The molecule has 0 heterocycles. The molecular formula is C10H10ClN3. The fourth-order valence-corrected chi connectivity index (χ4v) is 0.956. The van der Waals surface area contributed by atoms with Gasteiger partial charge in [-0.2, -0.15) is 5.26 Å². The Labute approximate surface area is 88.2 Å². The summed E-state index contributed by atoms with van der Waals surface area (Å²) in [6.45, 7) is 0. The van der Waals surface area contributed by atoms with Gasteiger partial charge in [0.25, 0.3) is 0 Å². The highest BCUT2D eigenvalue weighted by molar-refractivity contribution is 6.64. The predicted octanol–water partition coefficient (Wildman–Crippen LogP) is 2.35. The number of hydrogen-bond acceptors (Lipinski definition) is 2. The van der Waals surface area contributed by atoms with Crippen molar-refractivity contribution < 1.29 is 0 Å². The van der Waals surface area contributed by atoms with Gasteiger partial charge >= 0.3 is 0 Å². The number of nitrogens with zero attached hydrogens (tertiary/aromatic N) is 3. The zero-order valence-corrected chi connectivity index (χ0v) is 8.78. The van der Waals surface area contributed by atoms with E-state index in [0.29, 0.717) is 16.5 Å². The highest BCUT2D eigenvalue weighted by atomic mass is 35.5. The molecule has 0 aliphatic heterocycles. The molecule has 0 aliphatic rings. The van der Waals surface area contributed by atoms with Crippen LogP contribution in [0.3, 0.4) is 0 Å². The lowest BCUT2D eigenvalue weighted by molar-refractivity contribution is 0.635. The minimum absolute atomic E-state index is 0.354. The van der Waals surface area contributed by atoms with Crippen LogP contribution in [0.25, 0.3) is 0 Å². The largest absolute Gasteiger partial charge is 0.353 e. The van der Waals surface area contributed by atoms with Crippen molar-refractivity contribution in [2.75, 3.05) is 14.1 Å². The first-order valence-corrected chi connectivity index (χ1v) is 4.43. The Hall–Kier alpha value is -1.53. The third kappa shape index (κ3) is 2.48. The summed E-state index contributed by atoms with van der Waals surface area (Å²) in [6, 6.07) is 9.13. The highest BCUT2D eigenvalue weighted by Crippen LogP contribution is 2.18. The molecule has 0 unspecified atom stereocenters. The molecule has 14 heavy (non-hydrogen) atoms. The fourth-order valence-electron chi connectivity index (χ4n) is 0.865. The molecule has 0 saturated heterocycles. The van der Waals surface area contributed by atoms with Crippen molar-refractivity contribution in [1.29, 1.82) is 5.26 Å². The van der Waals surface area contributed by atoms with E-state index in [1.165, 1.54) is 0 Å². The molecule has 1 aromatic carbocycles. The Morgan fingerprint density at radius 1 is 1.43 bits per heavy atom. The van der Waals surface area contributed by atoms with E-state index in [-0.39, 0.29) is 0 Å². The maximum Gasteiger partial charge on any atom is 0.198 e. The van der Waals surface area contributed by atoms with E-state index in [1.807, 2.05) is 6.07 Å². The van der Waals surface area contributed by atoms with E-state index in [0.717, 1.165) is 0 Å². The Morgan fingerprint density at radius 2 is 2.07 bits per heavy atom. The molecule has 4 heteroatoms. The van der Waals surface area contributed by atoms with Gasteiger partial charge in [-0.1, -0.05) is 12.1 Å². The monoisotopic (exact) mass is 207 g/mol. The van der Waals surface area contributed by atoms with Gasteiger partial charge in [0.1, 0.15) is 6.07 Å². The first kappa shape index (κ1) is 10.6. The number of halogens is 1. The molecule has 3 nitrogen and oxygen atoms in total. The van der Waals surface area contributed by atoms with Crippen molar-refractivity contribution in [2.24, 2.45) is 4.99 Å². The number of nitriles is 1. The molecule has 0 bridgehead atoms. The van der Waals surface area contributed by atoms with E-state index < -0.39 is 0 Å². The maximum atomic E-state index is 8.79. The second kappa shape index (κ2) is 4.64. The number of amidine groups is 1. The molecule has 1 rings (SSSR count). The van der Waals surface area contributed by atoms with Crippen molar-refractivity contribution in [2.45, 2.75) is 0 Å². The molecule has 1 aromatic rings. The van der Waals surface area contributed by atoms with Gasteiger partial charge in [0.15, 0.2) is 5.29 Å². The summed E-state index contributed by atoms with van der Waals surface area (Å²) in [5.41, 5.74) is 1.11. The van der Waals surface area contributed by atoms with Gasteiger partial charge in [-0.05, 0) is 23.7 Å². The van der Waals surface area contributed by atoms with Crippen LogP contribution in [-0.4, -0.2) is 24.3 Å². The zero-order chi connectivity index (χ0) is 10.6. The third-order valence-corrected chi connectivity index (χ3v) is 2.03. The SMILES string of the molecule is CN(C)C(Cl)=Nc1ccccc1C#N. The summed E-state index contributed by atoms with van der Waals surface area (Å²) < 4.78 is 0. The Bertz CT molecular complexity index is 391. The standard InChI is InChI=1S/C10H10ClN3/c1-14(2)10(11)13-9-6-4-3-5-8(9)7-12/h3-6H,1-2H3. The van der Waals surface area contributed by atoms with Crippen LogP contribution in [0.1, 0.15) is 5.56 Å². The highest BCUT2D eigenvalue weighted by Gasteiger charge is 2.01. The van der Waals surface area contributed by atoms with E-state index in [9.17, 15) is 0 Å². The van der Waals surface area contributed by atoms with Crippen LogP contribution in [0.2, 0.25) is 0 Å². The van der Waals surface area contributed by atoms with Crippen molar-refractivity contribution in [3.63, 3.8) is 0 Å². The lowest BCUT2D eigenvalue weighted by atomic mass is 10.2. The van der Waals surface area contributed by atoms with E-state index in [4.69, 9.17) is 16.9 Å². The van der Waals surface area contributed by atoms with Crippen LogP contribution in [0.15, 0.2) is 29.3 Å². The zero-order valence-electron chi connectivity index (χ0n) is 8.03. The average Bonchev–Trinajstić information content (AvgIpc) is 2.18. The van der Waals surface area contributed by atoms with Gasteiger partial charge in [-0.15, -0.1) is 0 Å². The third-order valence-electron chi connectivity index (χ3n) is 1.61. The molecule has 72 valence electrons. The smallest absolute Gasteiger partial charge is 0.198 e. The Kier molecular flexibility index (Phi) is 3.49. The molecule has 0 fully saturated rings. The van der Waals surface area contributed by atoms with Crippen molar-refractivity contribution in [1.82, 2.24) is 4.90 Å². The Balaban J connectivity index is 3.09. The van der Waals surface area contributed by atoms with Crippen molar-refractivity contribution in [3.05, 3.63) is 29.8 Å². The first-order valence-electron chi connectivity index (χ1n) is 4.06. The quantitative estimate of drug-likeness (QED) is 0.403. The second-order valence-electron chi connectivity index (χ2n) is 2.90. The number of benzene rings is 1. The molecule has 0 radical (unpaired) electrons. The summed E-state index contributed by atoms with van der Waals surface area (Å²) in [7, 11) is 3.58. The van der Waals surface area contributed by atoms with Gasteiger partial charge in [0, 0.05) is 14.1 Å². The lowest BCUT2D eigenvalue weighted by Gasteiger charge is -2.08. The lowest BCUT2D eigenvalue weighted by Crippen LogP contribution is -2.15. The van der Waals surface area contributed by atoms with Crippen LogP contribution in [-0.2, 0) is 0 Å². The second-order valence-corrected chi connectivity index (χ2v) is 3.24. The summed E-state index contributed by atoms with van der Waals surface area (Å²) in [5.74, 6) is 0. The minimum atomic E-state index is 0.354. The van der Waals surface area contributed by atoms with Crippen molar-refractivity contribution >= 4 is 22.6 Å².